The molecule has 3 aromatic rings. The SMILES string of the molecule is Cc1ccc(NC(N)=NCCc2coc(-c3ccc(F)cc3)n2)cc1C.I. The minimum absolute atomic E-state index is 0. The number of anilines is 1. The molecule has 0 bridgehead atoms. The van der Waals surface area contributed by atoms with Crippen LogP contribution in [-0.2, 0) is 6.42 Å². The second kappa shape index (κ2) is 9.50. The third-order valence-corrected chi connectivity index (χ3v) is 4.07. The lowest BCUT2D eigenvalue weighted by molar-refractivity contribution is 0.572. The Bertz CT molecular complexity index is 922. The van der Waals surface area contributed by atoms with Crippen molar-refractivity contribution in [3.8, 4) is 11.5 Å². The van der Waals surface area contributed by atoms with Gasteiger partial charge in [-0.25, -0.2) is 9.37 Å². The summed E-state index contributed by atoms with van der Waals surface area (Å²) in [5.41, 5.74) is 10.8. The fourth-order valence-corrected chi connectivity index (χ4v) is 2.44. The molecule has 0 fully saturated rings. The van der Waals surface area contributed by atoms with Gasteiger partial charge in [0.2, 0.25) is 5.89 Å². The molecule has 0 atom stereocenters. The van der Waals surface area contributed by atoms with Crippen molar-refractivity contribution in [1.29, 1.82) is 0 Å². The lowest BCUT2D eigenvalue weighted by Gasteiger charge is -2.07. The molecule has 0 unspecified atom stereocenters. The first-order valence-electron chi connectivity index (χ1n) is 8.36. The average molecular weight is 480 g/mol. The Labute approximate surface area is 174 Å². The molecule has 0 aliphatic carbocycles. The molecule has 27 heavy (non-hydrogen) atoms. The number of hydrogen-bond donors (Lipinski definition) is 2. The number of aryl methyl sites for hydroxylation is 2. The Morgan fingerprint density at radius 1 is 1.15 bits per heavy atom. The van der Waals surface area contributed by atoms with E-state index in [1.54, 1.807) is 18.4 Å². The fourth-order valence-electron chi connectivity index (χ4n) is 2.44. The van der Waals surface area contributed by atoms with E-state index in [0.29, 0.717) is 24.8 Å². The highest BCUT2D eigenvalue weighted by molar-refractivity contribution is 14.0. The van der Waals surface area contributed by atoms with E-state index in [-0.39, 0.29) is 29.8 Å². The zero-order valence-corrected chi connectivity index (χ0v) is 17.5. The number of aromatic nitrogens is 1. The van der Waals surface area contributed by atoms with E-state index in [1.165, 1.54) is 23.3 Å². The number of benzene rings is 2. The molecule has 0 aliphatic heterocycles. The molecule has 142 valence electrons. The van der Waals surface area contributed by atoms with Gasteiger partial charge in [-0.3, -0.25) is 4.99 Å². The third-order valence-electron chi connectivity index (χ3n) is 4.07. The van der Waals surface area contributed by atoms with Crippen LogP contribution in [0.15, 0.2) is 58.1 Å². The molecule has 5 nitrogen and oxygen atoms in total. The van der Waals surface area contributed by atoms with Gasteiger partial charge in [0.05, 0.1) is 5.69 Å². The maximum atomic E-state index is 13.0. The molecule has 2 aromatic carbocycles. The number of oxazole rings is 1. The summed E-state index contributed by atoms with van der Waals surface area (Å²) in [4.78, 5) is 8.71. The van der Waals surface area contributed by atoms with E-state index < -0.39 is 0 Å². The van der Waals surface area contributed by atoms with E-state index in [9.17, 15) is 4.39 Å². The summed E-state index contributed by atoms with van der Waals surface area (Å²) in [6.07, 6.45) is 2.18. The predicted octanol–water partition coefficient (Wildman–Crippen LogP) is 4.68. The molecule has 0 spiro atoms. The van der Waals surface area contributed by atoms with Gasteiger partial charge < -0.3 is 15.5 Å². The Morgan fingerprint density at radius 2 is 1.89 bits per heavy atom. The highest BCUT2D eigenvalue weighted by Crippen LogP contribution is 2.19. The number of aliphatic imine (C=N–C) groups is 1. The Balaban J connectivity index is 0.00000261. The quantitative estimate of drug-likeness (QED) is 0.316. The van der Waals surface area contributed by atoms with Gasteiger partial charge in [-0.05, 0) is 61.4 Å². The summed E-state index contributed by atoms with van der Waals surface area (Å²) in [5.74, 6) is 0.530. The number of nitrogens with zero attached hydrogens (tertiary/aromatic N) is 2. The molecule has 0 saturated heterocycles. The molecular weight excluding hydrogens is 458 g/mol. The zero-order valence-electron chi connectivity index (χ0n) is 15.2. The van der Waals surface area contributed by atoms with Crippen molar-refractivity contribution in [2.45, 2.75) is 20.3 Å². The van der Waals surface area contributed by atoms with Crippen molar-refractivity contribution in [2.75, 3.05) is 11.9 Å². The average Bonchev–Trinajstić information content (AvgIpc) is 3.08. The summed E-state index contributed by atoms with van der Waals surface area (Å²) in [6, 6.07) is 12.1. The van der Waals surface area contributed by atoms with E-state index in [2.05, 4.69) is 29.1 Å². The van der Waals surface area contributed by atoms with E-state index in [1.807, 2.05) is 18.2 Å². The largest absolute Gasteiger partial charge is 0.444 e. The highest BCUT2D eigenvalue weighted by Gasteiger charge is 2.07. The molecule has 3 rings (SSSR count). The van der Waals surface area contributed by atoms with Gasteiger partial charge in [-0.1, -0.05) is 6.07 Å². The van der Waals surface area contributed by atoms with Crippen LogP contribution in [0.25, 0.3) is 11.5 Å². The first-order valence-corrected chi connectivity index (χ1v) is 8.36. The number of nitrogens with one attached hydrogen (secondary N) is 1. The van der Waals surface area contributed by atoms with Crippen LogP contribution in [0.4, 0.5) is 10.1 Å². The van der Waals surface area contributed by atoms with E-state index >= 15 is 0 Å². The molecule has 3 N–H and O–H groups in total. The van der Waals surface area contributed by atoms with Crippen molar-refractivity contribution in [3.05, 3.63) is 71.4 Å². The molecule has 0 aliphatic rings. The summed E-state index contributed by atoms with van der Waals surface area (Å²) >= 11 is 0. The maximum Gasteiger partial charge on any atom is 0.226 e. The molecule has 0 radical (unpaired) electrons. The fraction of sp³-hybridized carbons (Fsp3) is 0.200. The second-order valence-electron chi connectivity index (χ2n) is 6.09. The Hall–Kier alpha value is -2.42. The Morgan fingerprint density at radius 3 is 2.59 bits per heavy atom. The van der Waals surface area contributed by atoms with E-state index in [4.69, 9.17) is 10.2 Å². The summed E-state index contributed by atoms with van der Waals surface area (Å²) in [6.45, 7) is 4.60. The minimum atomic E-state index is -0.290. The minimum Gasteiger partial charge on any atom is -0.444 e. The summed E-state index contributed by atoms with van der Waals surface area (Å²) < 4.78 is 18.4. The van der Waals surface area contributed by atoms with Crippen LogP contribution in [0, 0.1) is 19.7 Å². The van der Waals surface area contributed by atoms with Crippen molar-refractivity contribution < 1.29 is 8.81 Å². The van der Waals surface area contributed by atoms with Crippen molar-refractivity contribution in [3.63, 3.8) is 0 Å². The van der Waals surface area contributed by atoms with Gasteiger partial charge in [-0.15, -0.1) is 24.0 Å². The summed E-state index contributed by atoms with van der Waals surface area (Å²) in [7, 11) is 0. The number of rotatable bonds is 5. The number of guanidine groups is 1. The van der Waals surface area contributed by atoms with Crippen LogP contribution in [0.3, 0.4) is 0 Å². The topological polar surface area (TPSA) is 76.4 Å². The molecule has 1 heterocycles. The van der Waals surface area contributed by atoms with Crippen molar-refractivity contribution in [1.82, 2.24) is 4.98 Å². The zero-order chi connectivity index (χ0) is 18.5. The van der Waals surface area contributed by atoms with Gasteiger partial charge in [0, 0.05) is 24.2 Å². The van der Waals surface area contributed by atoms with Crippen LogP contribution >= 0.6 is 24.0 Å². The van der Waals surface area contributed by atoms with E-state index in [0.717, 1.165) is 16.9 Å². The second-order valence-corrected chi connectivity index (χ2v) is 6.09. The monoisotopic (exact) mass is 480 g/mol. The number of hydrogen-bond acceptors (Lipinski definition) is 3. The smallest absolute Gasteiger partial charge is 0.226 e. The third kappa shape index (κ3) is 5.78. The first kappa shape index (κ1) is 20.9. The molecule has 0 amide bonds. The molecule has 0 saturated carbocycles. The van der Waals surface area contributed by atoms with Gasteiger partial charge in [0.25, 0.3) is 0 Å². The van der Waals surface area contributed by atoms with Crippen LogP contribution in [0.2, 0.25) is 0 Å². The first-order chi connectivity index (χ1) is 12.5. The van der Waals surface area contributed by atoms with Crippen molar-refractivity contribution in [2.24, 2.45) is 10.7 Å². The van der Waals surface area contributed by atoms with Crippen molar-refractivity contribution >= 4 is 35.6 Å². The van der Waals surface area contributed by atoms with Gasteiger partial charge in [0.1, 0.15) is 12.1 Å². The lowest BCUT2D eigenvalue weighted by atomic mass is 10.1. The summed E-state index contributed by atoms with van der Waals surface area (Å²) in [5, 5.41) is 3.08. The van der Waals surface area contributed by atoms with Crippen LogP contribution < -0.4 is 11.1 Å². The van der Waals surface area contributed by atoms with Gasteiger partial charge in [0.15, 0.2) is 5.96 Å². The number of halogens is 2. The lowest BCUT2D eigenvalue weighted by Crippen LogP contribution is -2.23. The van der Waals surface area contributed by atoms with Gasteiger partial charge in [-0.2, -0.15) is 0 Å². The Kier molecular flexibility index (Phi) is 7.35. The van der Waals surface area contributed by atoms with Crippen LogP contribution in [-0.4, -0.2) is 17.5 Å². The van der Waals surface area contributed by atoms with Crippen LogP contribution in [0.1, 0.15) is 16.8 Å². The molecular formula is C20H22FIN4O. The normalized spacial score (nSPS) is 11.1. The van der Waals surface area contributed by atoms with Crippen LogP contribution in [0.5, 0.6) is 0 Å². The predicted molar refractivity (Wildman–Crippen MR) is 117 cm³/mol. The maximum absolute atomic E-state index is 13.0. The molecule has 7 heteroatoms. The standard InChI is InChI=1S/C20H21FN4O.HI/c1-13-3-8-17(11-14(13)2)25-20(22)23-10-9-18-12-26-19(24-18)15-4-6-16(21)7-5-15;/h3-8,11-12H,9-10H2,1-2H3,(H3,22,23,25);1H. The number of nitrogens with two attached hydrogens (primary N) is 1. The molecule has 1 aromatic heterocycles. The van der Waals surface area contributed by atoms with Gasteiger partial charge >= 0.3 is 0 Å². The highest BCUT2D eigenvalue weighted by atomic mass is 127.